The molecule has 1 aromatic heterocycles. The standard InChI is InChI=1S/C12H19N3OS/c1-2-10(17-7-1)8-11-14-12(15-16-11)9-3-5-13-6-4-9/h9-10,13H,1-8H2. The van der Waals surface area contributed by atoms with Crippen molar-refractivity contribution in [1.29, 1.82) is 0 Å². The molecule has 0 aromatic carbocycles. The summed E-state index contributed by atoms with van der Waals surface area (Å²) in [6.07, 6.45) is 5.87. The summed E-state index contributed by atoms with van der Waals surface area (Å²) in [6, 6.07) is 0. The summed E-state index contributed by atoms with van der Waals surface area (Å²) in [6.45, 7) is 2.15. The molecule has 0 aliphatic carbocycles. The van der Waals surface area contributed by atoms with E-state index in [9.17, 15) is 0 Å². The van der Waals surface area contributed by atoms with Crippen LogP contribution in [0.3, 0.4) is 0 Å². The van der Waals surface area contributed by atoms with Crippen LogP contribution in [0.1, 0.15) is 43.3 Å². The Bertz CT molecular complexity index is 356. The minimum Gasteiger partial charge on any atom is -0.339 e. The Hall–Kier alpha value is -0.550. The highest BCUT2D eigenvalue weighted by Crippen LogP contribution is 2.29. The van der Waals surface area contributed by atoms with Crippen molar-refractivity contribution in [3.8, 4) is 0 Å². The normalized spacial score (nSPS) is 26.5. The van der Waals surface area contributed by atoms with Gasteiger partial charge in [-0.1, -0.05) is 5.16 Å². The molecule has 0 radical (unpaired) electrons. The molecule has 5 heteroatoms. The fraction of sp³-hybridized carbons (Fsp3) is 0.833. The molecule has 17 heavy (non-hydrogen) atoms. The lowest BCUT2D eigenvalue weighted by atomic mass is 9.98. The number of piperidine rings is 1. The number of hydrogen-bond acceptors (Lipinski definition) is 5. The molecule has 2 aliphatic heterocycles. The second-order valence-electron chi connectivity index (χ2n) is 4.91. The SMILES string of the molecule is C1CSC(Cc2nc(C3CCNCC3)no2)C1. The molecule has 1 atom stereocenters. The number of rotatable bonds is 3. The highest BCUT2D eigenvalue weighted by Gasteiger charge is 2.23. The van der Waals surface area contributed by atoms with Gasteiger partial charge in [0, 0.05) is 17.6 Å². The second-order valence-corrected chi connectivity index (χ2v) is 6.32. The molecule has 2 aliphatic rings. The van der Waals surface area contributed by atoms with Gasteiger partial charge in [0.15, 0.2) is 5.82 Å². The van der Waals surface area contributed by atoms with Gasteiger partial charge in [0.1, 0.15) is 0 Å². The van der Waals surface area contributed by atoms with Crippen LogP contribution in [-0.4, -0.2) is 34.2 Å². The predicted octanol–water partition coefficient (Wildman–Crippen LogP) is 1.97. The minimum atomic E-state index is 0.505. The molecule has 3 rings (SSSR count). The molecule has 1 N–H and O–H groups in total. The van der Waals surface area contributed by atoms with Gasteiger partial charge in [-0.25, -0.2) is 0 Å². The van der Waals surface area contributed by atoms with E-state index in [1.165, 1.54) is 18.6 Å². The molecule has 1 aromatic rings. The Morgan fingerprint density at radius 2 is 2.18 bits per heavy atom. The third-order valence-corrected chi connectivity index (χ3v) is 5.01. The van der Waals surface area contributed by atoms with Gasteiger partial charge in [0.05, 0.1) is 0 Å². The zero-order valence-corrected chi connectivity index (χ0v) is 10.8. The van der Waals surface area contributed by atoms with Crippen LogP contribution in [0.4, 0.5) is 0 Å². The van der Waals surface area contributed by atoms with Crippen LogP contribution in [0.5, 0.6) is 0 Å². The lowest BCUT2D eigenvalue weighted by Gasteiger charge is -2.18. The molecule has 0 amide bonds. The van der Waals surface area contributed by atoms with Crippen LogP contribution in [0.2, 0.25) is 0 Å². The maximum absolute atomic E-state index is 5.38. The maximum atomic E-state index is 5.38. The Kier molecular flexibility index (Phi) is 3.66. The van der Waals surface area contributed by atoms with E-state index in [1.807, 2.05) is 11.8 Å². The Morgan fingerprint density at radius 3 is 2.94 bits per heavy atom. The van der Waals surface area contributed by atoms with E-state index in [0.717, 1.165) is 44.1 Å². The number of nitrogens with zero attached hydrogens (tertiary/aromatic N) is 2. The summed E-state index contributed by atoms with van der Waals surface area (Å²) in [7, 11) is 0. The maximum Gasteiger partial charge on any atom is 0.227 e. The van der Waals surface area contributed by atoms with Crippen molar-refractivity contribution in [3.05, 3.63) is 11.7 Å². The van der Waals surface area contributed by atoms with Gasteiger partial charge in [-0.2, -0.15) is 16.7 Å². The molecule has 4 nitrogen and oxygen atoms in total. The third kappa shape index (κ3) is 2.83. The van der Waals surface area contributed by atoms with Crippen molar-refractivity contribution >= 4 is 11.8 Å². The quantitative estimate of drug-likeness (QED) is 0.892. The van der Waals surface area contributed by atoms with Crippen LogP contribution < -0.4 is 5.32 Å². The molecule has 0 spiro atoms. The molecule has 2 saturated heterocycles. The summed E-state index contributed by atoms with van der Waals surface area (Å²) >= 11 is 2.04. The molecule has 2 fully saturated rings. The van der Waals surface area contributed by atoms with E-state index in [2.05, 4.69) is 15.5 Å². The van der Waals surface area contributed by atoms with Crippen LogP contribution in [0.15, 0.2) is 4.52 Å². The van der Waals surface area contributed by atoms with Gasteiger partial charge in [-0.3, -0.25) is 0 Å². The van der Waals surface area contributed by atoms with Gasteiger partial charge in [0.25, 0.3) is 0 Å². The Balaban J connectivity index is 1.60. The fourth-order valence-corrected chi connectivity index (χ4v) is 3.86. The van der Waals surface area contributed by atoms with Crippen LogP contribution in [0.25, 0.3) is 0 Å². The van der Waals surface area contributed by atoms with Gasteiger partial charge in [-0.05, 0) is 44.5 Å². The van der Waals surface area contributed by atoms with Crippen molar-refractivity contribution in [2.75, 3.05) is 18.8 Å². The number of nitrogens with one attached hydrogen (secondary N) is 1. The monoisotopic (exact) mass is 253 g/mol. The fourth-order valence-electron chi connectivity index (χ4n) is 2.60. The summed E-state index contributed by atoms with van der Waals surface area (Å²) in [5.41, 5.74) is 0. The van der Waals surface area contributed by atoms with Gasteiger partial charge >= 0.3 is 0 Å². The van der Waals surface area contributed by atoms with E-state index >= 15 is 0 Å². The average Bonchev–Trinajstić information content (AvgIpc) is 3.02. The highest BCUT2D eigenvalue weighted by molar-refractivity contribution is 8.00. The van der Waals surface area contributed by atoms with Crippen molar-refractivity contribution in [2.24, 2.45) is 0 Å². The van der Waals surface area contributed by atoms with E-state index in [4.69, 9.17) is 4.52 Å². The second kappa shape index (κ2) is 5.40. The van der Waals surface area contributed by atoms with Crippen molar-refractivity contribution in [2.45, 2.75) is 43.3 Å². The first-order valence-corrected chi connectivity index (χ1v) is 7.61. The van der Waals surface area contributed by atoms with Crippen molar-refractivity contribution in [3.63, 3.8) is 0 Å². The summed E-state index contributed by atoms with van der Waals surface area (Å²) in [4.78, 5) is 4.58. The summed E-state index contributed by atoms with van der Waals surface area (Å²) in [5.74, 6) is 3.58. The molecular formula is C12H19N3OS. The first-order valence-electron chi connectivity index (χ1n) is 6.56. The van der Waals surface area contributed by atoms with Crippen LogP contribution >= 0.6 is 11.8 Å². The zero-order chi connectivity index (χ0) is 11.5. The predicted molar refractivity (Wildman–Crippen MR) is 68.3 cm³/mol. The summed E-state index contributed by atoms with van der Waals surface area (Å²) in [5, 5.41) is 8.22. The van der Waals surface area contributed by atoms with E-state index in [-0.39, 0.29) is 0 Å². The largest absolute Gasteiger partial charge is 0.339 e. The highest BCUT2D eigenvalue weighted by atomic mass is 32.2. The molecule has 0 saturated carbocycles. The lowest BCUT2D eigenvalue weighted by molar-refractivity contribution is 0.359. The molecule has 94 valence electrons. The van der Waals surface area contributed by atoms with Gasteiger partial charge in [0.2, 0.25) is 5.89 Å². The number of thioether (sulfide) groups is 1. The first kappa shape index (κ1) is 11.5. The molecule has 1 unspecified atom stereocenters. The topological polar surface area (TPSA) is 51.0 Å². The zero-order valence-electron chi connectivity index (χ0n) is 10.0. The molecule has 3 heterocycles. The summed E-state index contributed by atoms with van der Waals surface area (Å²) < 4.78 is 5.38. The molecule has 0 bridgehead atoms. The lowest BCUT2D eigenvalue weighted by Crippen LogP contribution is -2.27. The number of aromatic nitrogens is 2. The number of hydrogen-bond donors (Lipinski definition) is 1. The first-order chi connectivity index (χ1) is 8.42. The smallest absolute Gasteiger partial charge is 0.227 e. The van der Waals surface area contributed by atoms with Gasteiger partial charge < -0.3 is 9.84 Å². The minimum absolute atomic E-state index is 0.505. The van der Waals surface area contributed by atoms with E-state index < -0.39 is 0 Å². The third-order valence-electron chi connectivity index (χ3n) is 3.61. The van der Waals surface area contributed by atoms with Crippen LogP contribution in [-0.2, 0) is 6.42 Å². The van der Waals surface area contributed by atoms with Gasteiger partial charge in [-0.15, -0.1) is 0 Å². The Labute approximate surface area is 106 Å². The average molecular weight is 253 g/mol. The molecular weight excluding hydrogens is 234 g/mol. The van der Waals surface area contributed by atoms with Crippen molar-refractivity contribution in [1.82, 2.24) is 15.5 Å². The van der Waals surface area contributed by atoms with E-state index in [1.54, 1.807) is 0 Å². The van der Waals surface area contributed by atoms with E-state index in [0.29, 0.717) is 11.2 Å². The van der Waals surface area contributed by atoms with Crippen LogP contribution in [0, 0.1) is 0 Å². The Morgan fingerprint density at radius 1 is 1.29 bits per heavy atom. The van der Waals surface area contributed by atoms with Crippen molar-refractivity contribution < 1.29 is 4.52 Å².